The number of hydrogen-bond donors (Lipinski definition) is 1. The Morgan fingerprint density at radius 2 is 1.83 bits per heavy atom. The zero-order chi connectivity index (χ0) is 20.9. The van der Waals surface area contributed by atoms with Crippen LogP contribution >= 0.6 is 0 Å². The second-order valence-corrected chi connectivity index (χ2v) is 6.66. The van der Waals surface area contributed by atoms with Gasteiger partial charge < -0.3 is 10.1 Å². The Balaban J connectivity index is 1.44. The van der Waals surface area contributed by atoms with E-state index in [1.807, 2.05) is 6.07 Å². The highest BCUT2D eigenvalue weighted by atomic mass is 19.1. The van der Waals surface area contributed by atoms with Gasteiger partial charge in [0.05, 0.1) is 17.2 Å². The molecule has 1 heterocycles. The van der Waals surface area contributed by atoms with Crippen molar-refractivity contribution in [2.45, 2.75) is 13.2 Å². The van der Waals surface area contributed by atoms with Gasteiger partial charge in [-0.05, 0) is 42.0 Å². The van der Waals surface area contributed by atoms with Crippen molar-refractivity contribution in [2.24, 2.45) is 0 Å². The minimum atomic E-state index is -0.347. The molecule has 0 aliphatic heterocycles. The molecule has 6 nitrogen and oxygen atoms in total. The van der Waals surface area contributed by atoms with Crippen molar-refractivity contribution in [1.82, 2.24) is 9.55 Å². The minimum absolute atomic E-state index is 0.136. The molecule has 1 aromatic heterocycles. The van der Waals surface area contributed by atoms with Gasteiger partial charge >= 0.3 is 0 Å². The van der Waals surface area contributed by atoms with E-state index in [1.165, 1.54) is 22.9 Å². The van der Waals surface area contributed by atoms with Crippen molar-refractivity contribution in [3.05, 3.63) is 101 Å². The average molecular weight is 403 g/mol. The quantitative estimate of drug-likeness (QED) is 0.532. The van der Waals surface area contributed by atoms with Crippen LogP contribution in [0.4, 0.5) is 10.1 Å². The van der Waals surface area contributed by atoms with Gasteiger partial charge in [0.15, 0.2) is 0 Å². The predicted molar refractivity (Wildman–Crippen MR) is 112 cm³/mol. The van der Waals surface area contributed by atoms with Crippen molar-refractivity contribution in [3.8, 4) is 5.75 Å². The van der Waals surface area contributed by atoms with E-state index in [4.69, 9.17) is 4.74 Å². The van der Waals surface area contributed by atoms with Crippen molar-refractivity contribution in [1.29, 1.82) is 0 Å². The molecule has 150 valence electrons. The van der Waals surface area contributed by atoms with Crippen LogP contribution in [0.1, 0.15) is 5.56 Å². The average Bonchev–Trinajstić information content (AvgIpc) is 2.76. The normalized spacial score (nSPS) is 10.7. The minimum Gasteiger partial charge on any atom is -0.489 e. The van der Waals surface area contributed by atoms with Gasteiger partial charge in [0.1, 0.15) is 24.7 Å². The van der Waals surface area contributed by atoms with Gasteiger partial charge in [-0.2, -0.15) is 0 Å². The summed E-state index contributed by atoms with van der Waals surface area (Å²) >= 11 is 0. The number of halogens is 1. The third-order valence-corrected chi connectivity index (χ3v) is 4.49. The fourth-order valence-electron chi connectivity index (χ4n) is 3.03. The van der Waals surface area contributed by atoms with Gasteiger partial charge in [-0.15, -0.1) is 0 Å². The number of rotatable bonds is 6. The van der Waals surface area contributed by atoms with E-state index in [2.05, 4.69) is 10.3 Å². The molecule has 4 aromatic rings. The summed E-state index contributed by atoms with van der Waals surface area (Å²) in [6.07, 6.45) is 1.21. The third-order valence-electron chi connectivity index (χ3n) is 4.49. The van der Waals surface area contributed by atoms with Crippen molar-refractivity contribution in [3.63, 3.8) is 0 Å². The number of hydrogen-bond acceptors (Lipinski definition) is 4. The number of carbonyl (C=O) groups is 1. The zero-order valence-electron chi connectivity index (χ0n) is 15.9. The lowest BCUT2D eigenvalue weighted by molar-refractivity contribution is -0.116. The highest BCUT2D eigenvalue weighted by Crippen LogP contribution is 2.19. The molecular weight excluding hydrogens is 385 g/mol. The molecule has 4 rings (SSSR count). The number of anilines is 1. The molecule has 0 saturated heterocycles. The Hall–Kier alpha value is -4.00. The molecule has 0 saturated carbocycles. The van der Waals surface area contributed by atoms with Gasteiger partial charge in [0.2, 0.25) is 5.91 Å². The Bertz CT molecular complexity index is 1250. The topological polar surface area (TPSA) is 73.2 Å². The number of nitrogens with zero attached hydrogens (tertiary/aromatic N) is 2. The number of ether oxygens (including phenoxy) is 1. The van der Waals surface area contributed by atoms with Crippen LogP contribution in [0, 0.1) is 5.82 Å². The first-order chi connectivity index (χ1) is 14.6. The number of nitrogens with one attached hydrogen (secondary N) is 1. The fraction of sp³-hybridized carbons (Fsp3) is 0.0870. The molecule has 0 spiro atoms. The lowest BCUT2D eigenvalue weighted by Crippen LogP contribution is -2.27. The van der Waals surface area contributed by atoms with Crippen LogP contribution in [0.5, 0.6) is 5.75 Å². The lowest BCUT2D eigenvalue weighted by Gasteiger charge is -2.11. The maximum atomic E-state index is 13.0. The van der Waals surface area contributed by atoms with Crippen molar-refractivity contribution < 1.29 is 13.9 Å². The number of aromatic nitrogens is 2. The van der Waals surface area contributed by atoms with Crippen LogP contribution in [-0.2, 0) is 17.9 Å². The van der Waals surface area contributed by atoms with Crippen LogP contribution in [-0.4, -0.2) is 15.5 Å². The second kappa shape index (κ2) is 8.57. The standard InChI is InChI=1S/C23H18FN3O3/c24-17-10-8-16(9-11-17)15-30-19-5-3-4-18(12-19)26-22(28)14-27-21-7-2-1-6-20(21)25-13-23(27)29/h1-13H,14-15H2,(H,26,28). The van der Waals surface area contributed by atoms with Gasteiger partial charge in [-0.25, -0.2) is 9.37 Å². The molecule has 0 atom stereocenters. The molecule has 30 heavy (non-hydrogen) atoms. The van der Waals surface area contributed by atoms with Crippen LogP contribution in [0.2, 0.25) is 0 Å². The summed E-state index contributed by atoms with van der Waals surface area (Å²) in [5.74, 6) is -0.0858. The Labute approximate surface area is 171 Å². The van der Waals surface area contributed by atoms with Crippen molar-refractivity contribution >= 4 is 22.6 Å². The highest BCUT2D eigenvalue weighted by Gasteiger charge is 2.09. The maximum absolute atomic E-state index is 13.0. The summed E-state index contributed by atoms with van der Waals surface area (Å²) in [5, 5.41) is 2.78. The molecule has 0 aliphatic rings. The van der Waals surface area contributed by atoms with E-state index in [-0.39, 0.29) is 30.4 Å². The van der Waals surface area contributed by atoms with E-state index in [1.54, 1.807) is 54.6 Å². The van der Waals surface area contributed by atoms with E-state index in [0.717, 1.165) is 5.56 Å². The van der Waals surface area contributed by atoms with Gasteiger partial charge in [0, 0.05) is 11.8 Å². The Morgan fingerprint density at radius 3 is 2.67 bits per heavy atom. The monoisotopic (exact) mass is 403 g/mol. The Morgan fingerprint density at radius 1 is 1.03 bits per heavy atom. The number of para-hydroxylation sites is 2. The number of carbonyl (C=O) groups excluding carboxylic acids is 1. The number of benzene rings is 3. The van der Waals surface area contributed by atoms with Gasteiger partial charge in [-0.1, -0.05) is 30.3 Å². The predicted octanol–water partition coefficient (Wildman–Crippen LogP) is 3.75. The molecule has 0 unspecified atom stereocenters. The van der Waals surface area contributed by atoms with E-state index < -0.39 is 0 Å². The lowest BCUT2D eigenvalue weighted by atomic mass is 10.2. The number of fused-ring (bicyclic) bond motifs is 1. The summed E-state index contributed by atoms with van der Waals surface area (Å²) in [6, 6.07) is 20.1. The molecule has 0 bridgehead atoms. The molecule has 1 amide bonds. The zero-order valence-corrected chi connectivity index (χ0v) is 15.9. The van der Waals surface area contributed by atoms with Gasteiger partial charge in [-0.3, -0.25) is 14.2 Å². The van der Waals surface area contributed by atoms with Crippen LogP contribution in [0.3, 0.4) is 0 Å². The van der Waals surface area contributed by atoms with Crippen molar-refractivity contribution in [2.75, 3.05) is 5.32 Å². The first-order valence-corrected chi connectivity index (χ1v) is 9.30. The van der Waals surface area contributed by atoms with Crippen LogP contribution in [0.25, 0.3) is 11.0 Å². The summed E-state index contributed by atoms with van der Waals surface area (Å²) in [6.45, 7) is 0.138. The SMILES string of the molecule is O=C(Cn1c(=O)cnc2ccccc21)Nc1cccc(OCc2ccc(F)cc2)c1. The number of amides is 1. The maximum Gasteiger partial charge on any atom is 0.269 e. The third kappa shape index (κ3) is 4.52. The first kappa shape index (κ1) is 19.3. The summed E-state index contributed by atoms with van der Waals surface area (Å²) in [5.41, 5.74) is 2.26. The molecule has 0 fully saturated rings. The fourth-order valence-corrected chi connectivity index (χ4v) is 3.03. The smallest absolute Gasteiger partial charge is 0.269 e. The summed E-state index contributed by atoms with van der Waals surface area (Å²) < 4.78 is 20.1. The summed E-state index contributed by atoms with van der Waals surface area (Å²) in [7, 11) is 0. The molecule has 1 N–H and O–H groups in total. The molecule has 0 radical (unpaired) electrons. The highest BCUT2D eigenvalue weighted by molar-refractivity contribution is 5.91. The Kier molecular flexibility index (Phi) is 5.52. The van der Waals surface area contributed by atoms with E-state index >= 15 is 0 Å². The molecule has 0 aliphatic carbocycles. The molecule has 7 heteroatoms. The van der Waals surface area contributed by atoms with Gasteiger partial charge in [0.25, 0.3) is 5.56 Å². The second-order valence-electron chi connectivity index (χ2n) is 6.66. The largest absolute Gasteiger partial charge is 0.489 e. The molecular formula is C23H18FN3O3. The van der Waals surface area contributed by atoms with Crippen LogP contribution < -0.4 is 15.6 Å². The first-order valence-electron chi connectivity index (χ1n) is 9.30. The molecule has 3 aromatic carbocycles. The van der Waals surface area contributed by atoms with Crippen LogP contribution in [0.15, 0.2) is 83.8 Å². The summed E-state index contributed by atoms with van der Waals surface area (Å²) in [4.78, 5) is 28.8. The van der Waals surface area contributed by atoms with E-state index in [0.29, 0.717) is 22.5 Å². The van der Waals surface area contributed by atoms with E-state index in [9.17, 15) is 14.0 Å².